The molecule has 0 fully saturated rings. The highest BCUT2D eigenvalue weighted by molar-refractivity contribution is 5.91. The molecule has 0 aliphatic carbocycles. The number of carbonyl (C=O) groups excluding carboxylic acids is 1. The molecule has 0 atom stereocenters. The van der Waals surface area contributed by atoms with Gasteiger partial charge in [-0.3, -0.25) is 19.1 Å². The molecule has 1 amide bonds. The Bertz CT molecular complexity index is 1360. The Balaban J connectivity index is 1.78. The Labute approximate surface area is 183 Å². The molecule has 0 saturated carbocycles. The van der Waals surface area contributed by atoms with Crippen LogP contribution in [-0.4, -0.2) is 25.2 Å². The van der Waals surface area contributed by atoms with E-state index in [9.17, 15) is 14.4 Å². The van der Waals surface area contributed by atoms with E-state index >= 15 is 0 Å². The number of aromatic nitrogens is 4. The summed E-state index contributed by atoms with van der Waals surface area (Å²) < 4.78 is 2.13. The minimum Gasteiger partial charge on any atom is -0.346 e. The Morgan fingerprint density at radius 3 is 2.41 bits per heavy atom. The second-order valence-electron chi connectivity index (χ2n) is 7.30. The molecule has 0 saturated heterocycles. The lowest BCUT2D eigenvalue weighted by Gasteiger charge is -2.13. The molecule has 8 heteroatoms. The zero-order chi connectivity index (χ0) is 22.5. The van der Waals surface area contributed by atoms with E-state index in [1.807, 2.05) is 43.3 Å². The molecule has 160 valence electrons. The van der Waals surface area contributed by atoms with E-state index < -0.39 is 17.2 Å². The smallest absolute Gasteiger partial charge is 0.346 e. The number of benzene rings is 2. The number of rotatable bonds is 6. The summed E-state index contributed by atoms with van der Waals surface area (Å²) in [6.45, 7) is 2.11. The van der Waals surface area contributed by atoms with Crippen molar-refractivity contribution in [3.8, 4) is 5.69 Å². The van der Waals surface area contributed by atoms with Crippen LogP contribution >= 0.6 is 0 Å². The second-order valence-corrected chi connectivity index (χ2v) is 7.30. The lowest BCUT2D eigenvalue weighted by atomic mass is 10.2. The first-order valence-electron chi connectivity index (χ1n) is 10.0. The summed E-state index contributed by atoms with van der Waals surface area (Å²) in [7, 11) is 0. The van der Waals surface area contributed by atoms with Gasteiger partial charge in [-0.15, -0.1) is 0 Å². The molecule has 32 heavy (non-hydrogen) atoms. The molecular formula is C24H21N5O3. The summed E-state index contributed by atoms with van der Waals surface area (Å²) in [4.78, 5) is 43.1. The number of hydrogen-bond donors (Lipinski definition) is 1. The van der Waals surface area contributed by atoms with Gasteiger partial charge in [0.1, 0.15) is 0 Å². The number of hydrogen-bond acceptors (Lipinski definition) is 5. The molecule has 0 aliphatic rings. The third kappa shape index (κ3) is 4.54. The first kappa shape index (κ1) is 20.9. The maximum absolute atomic E-state index is 13.2. The highest BCUT2D eigenvalue weighted by Gasteiger charge is 2.20. The van der Waals surface area contributed by atoms with Crippen molar-refractivity contribution in [1.82, 2.24) is 24.6 Å². The van der Waals surface area contributed by atoms with Crippen LogP contribution in [0.4, 0.5) is 0 Å². The fourth-order valence-electron chi connectivity index (χ4n) is 3.26. The topological polar surface area (TPSA) is 98.9 Å². The van der Waals surface area contributed by atoms with Crippen LogP contribution in [0.1, 0.15) is 27.2 Å². The van der Waals surface area contributed by atoms with Crippen LogP contribution in [0.25, 0.3) is 5.69 Å². The molecule has 0 unspecified atom stereocenters. The van der Waals surface area contributed by atoms with E-state index in [1.165, 1.54) is 0 Å². The van der Waals surface area contributed by atoms with Gasteiger partial charge in [0.05, 0.1) is 12.2 Å². The van der Waals surface area contributed by atoms with Crippen molar-refractivity contribution in [2.75, 3.05) is 0 Å². The number of aryl methyl sites for hydroxylation is 1. The molecule has 2 aromatic carbocycles. The second kappa shape index (κ2) is 9.22. The van der Waals surface area contributed by atoms with Gasteiger partial charge in [0.25, 0.3) is 11.5 Å². The van der Waals surface area contributed by atoms with E-state index in [0.717, 1.165) is 25.9 Å². The van der Waals surface area contributed by atoms with Gasteiger partial charge in [-0.05, 0) is 47.9 Å². The Morgan fingerprint density at radius 1 is 0.938 bits per heavy atom. The van der Waals surface area contributed by atoms with Crippen molar-refractivity contribution in [3.05, 3.63) is 122 Å². The highest BCUT2D eigenvalue weighted by Crippen LogP contribution is 2.07. The number of nitrogens with zero attached hydrogens (tertiary/aromatic N) is 4. The molecule has 2 heterocycles. The van der Waals surface area contributed by atoms with Crippen molar-refractivity contribution in [1.29, 1.82) is 0 Å². The molecule has 4 aromatic rings. The fourth-order valence-corrected chi connectivity index (χ4v) is 3.26. The molecule has 0 spiro atoms. The monoisotopic (exact) mass is 427 g/mol. The van der Waals surface area contributed by atoms with Gasteiger partial charge in [0.15, 0.2) is 0 Å². The summed E-state index contributed by atoms with van der Waals surface area (Å²) in [5, 5.41) is 6.84. The third-order valence-electron chi connectivity index (χ3n) is 4.91. The van der Waals surface area contributed by atoms with Gasteiger partial charge < -0.3 is 5.32 Å². The van der Waals surface area contributed by atoms with E-state index in [2.05, 4.69) is 15.4 Å². The summed E-state index contributed by atoms with van der Waals surface area (Å²) >= 11 is 0. The largest absolute Gasteiger partial charge is 0.352 e. The molecule has 4 rings (SSSR count). The first-order valence-corrected chi connectivity index (χ1v) is 10.0. The number of carbonyl (C=O) groups is 1. The van der Waals surface area contributed by atoms with Gasteiger partial charge in [0, 0.05) is 18.9 Å². The summed E-state index contributed by atoms with van der Waals surface area (Å²) in [6.07, 6.45) is 3.23. The lowest BCUT2D eigenvalue weighted by Crippen LogP contribution is -2.46. The fraction of sp³-hybridized carbons (Fsp3) is 0.125. The summed E-state index contributed by atoms with van der Waals surface area (Å²) in [6, 6.07) is 19.8. The van der Waals surface area contributed by atoms with Gasteiger partial charge in [-0.2, -0.15) is 9.78 Å². The van der Waals surface area contributed by atoms with Crippen molar-refractivity contribution >= 4 is 5.91 Å². The predicted octanol–water partition coefficient (Wildman–Crippen LogP) is 2.08. The standard InChI is InChI=1S/C24H21N5O3/c1-17-6-5-9-20(14-17)29-24(32)28(16-19-7-3-2-4-8-19)23(31)21(27-29)22(30)26-15-18-10-12-25-13-11-18/h2-14H,15-16H2,1H3,(H,26,30). The molecular weight excluding hydrogens is 406 g/mol. The minimum atomic E-state index is -0.741. The zero-order valence-electron chi connectivity index (χ0n) is 17.4. The third-order valence-corrected chi connectivity index (χ3v) is 4.91. The maximum atomic E-state index is 13.2. The predicted molar refractivity (Wildman–Crippen MR) is 120 cm³/mol. The van der Waals surface area contributed by atoms with Crippen LogP contribution in [0.5, 0.6) is 0 Å². The quantitative estimate of drug-likeness (QED) is 0.508. The van der Waals surface area contributed by atoms with Crippen LogP contribution in [0, 0.1) is 6.92 Å². The molecule has 0 aliphatic heterocycles. The van der Waals surface area contributed by atoms with Crippen LogP contribution in [0.15, 0.2) is 88.7 Å². The maximum Gasteiger partial charge on any atom is 0.352 e. The highest BCUT2D eigenvalue weighted by atomic mass is 16.2. The van der Waals surface area contributed by atoms with E-state index in [-0.39, 0.29) is 18.8 Å². The molecule has 0 bridgehead atoms. The normalized spacial score (nSPS) is 10.7. The number of pyridine rings is 1. The molecule has 1 N–H and O–H groups in total. The van der Waals surface area contributed by atoms with E-state index in [1.54, 1.807) is 42.7 Å². The number of amides is 1. The van der Waals surface area contributed by atoms with Crippen LogP contribution in [-0.2, 0) is 13.1 Å². The summed E-state index contributed by atoms with van der Waals surface area (Å²) in [5.41, 5.74) is 1.27. The lowest BCUT2D eigenvalue weighted by molar-refractivity contribution is 0.0941. The molecule has 8 nitrogen and oxygen atoms in total. The zero-order valence-corrected chi connectivity index (χ0v) is 17.4. The van der Waals surface area contributed by atoms with Gasteiger partial charge in [-0.25, -0.2) is 4.79 Å². The van der Waals surface area contributed by atoms with Crippen molar-refractivity contribution < 1.29 is 4.79 Å². The minimum absolute atomic E-state index is 0.0253. The Kier molecular flexibility index (Phi) is 6.03. The number of nitrogens with one attached hydrogen (secondary N) is 1. The molecule has 0 radical (unpaired) electrons. The van der Waals surface area contributed by atoms with Crippen molar-refractivity contribution in [2.45, 2.75) is 20.0 Å². The Hall–Kier alpha value is -4.33. The van der Waals surface area contributed by atoms with Crippen LogP contribution < -0.4 is 16.6 Å². The average molecular weight is 427 g/mol. The molecule has 2 aromatic heterocycles. The van der Waals surface area contributed by atoms with Crippen LogP contribution in [0.3, 0.4) is 0 Å². The average Bonchev–Trinajstić information content (AvgIpc) is 2.81. The van der Waals surface area contributed by atoms with Crippen molar-refractivity contribution in [2.24, 2.45) is 0 Å². The van der Waals surface area contributed by atoms with Crippen LogP contribution in [0.2, 0.25) is 0 Å². The van der Waals surface area contributed by atoms with Gasteiger partial charge >= 0.3 is 5.69 Å². The van der Waals surface area contributed by atoms with Crippen molar-refractivity contribution in [3.63, 3.8) is 0 Å². The van der Waals surface area contributed by atoms with Gasteiger partial charge in [-0.1, -0.05) is 42.5 Å². The van der Waals surface area contributed by atoms with E-state index in [0.29, 0.717) is 5.69 Å². The van der Waals surface area contributed by atoms with E-state index in [4.69, 9.17) is 0 Å². The summed E-state index contributed by atoms with van der Waals surface area (Å²) in [5.74, 6) is -0.657. The Morgan fingerprint density at radius 2 is 1.69 bits per heavy atom. The van der Waals surface area contributed by atoms with Gasteiger partial charge in [0.2, 0.25) is 5.69 Å². The first-order chi connectivity index (χ1) is 15.5. The SMILES string of the molecule is Cc1cccc(-n2nc(C(=O)NCc3ccncc3)c(=O)n(Cc3ccccc3)c2=O)c1.